The van der Waals surface area contributed by atoms with Crippen LogP contribution in [0.1, 0.15) is 25.3 Å². The maximum atomic E-state index is 12.9. The molecule has 0 bridgehead atoms. The molecular formula is C14H20FNS. The number of thioether (sulfide) groups is 1. The largest absolute Gasteiger partial charge is 0.313 e. The zero-order valence-corrected chi connectivity index (χ0v) is 11.1. The van der Waals surface area contributed by atoms with Crippen molar-refractivity contribution in [2.45, 2.75) is 37.5 Å². The predicted octanol–water partition coefficient (Wildman–Crippen LogP) is 3.24. The van der Waals surface area contributed by atoms with E-state index in [4.69, 9.17) is 0 Å². The monoisotopic (exact) mass is 253 g/mol. The quantitative estimate of drug-likeness (QED) is 0.864. The third-order valence-electron chi connectivity index (χ3n) is 3.25. The summed E-state index contributed by atoms with van der Waals surface area (Å²) >= 11 is 2.08. The molecule has 1 saturated heterocycles. The minimum atomic E-state index is -0.149. The van der Waals surface area contributed by atoms with Gasteiger partial charge in [0, 0.05) is 11.3 Å². The molecule has 2 rings (SSSR count). The minimum Gasteiger partial charge on any atom is -0.313 e. The molecule has 0 aromatic heterocycles. The Morgan fingerprint density at radius 1 is 1.41 bits per heavy atom. The summed E-state index contributed by atoms with van der Waals surface area (Å²) in [6, 6.07) is 7.44. The van der Waals surface area contributed by atoms with Gasteiger partial charge in [0.05, 0.1) is 0 Å². The second-order valence-electron chi connectivity index (χ2n) is 4.55. The fourth-order valence-electron chi connectivity index (χ4n) is 2.39. The highest BCUT2D eigenvalue weighted by molar-refractivity contribution is 8.00. The van der Waals surface area contributed by atoms with Crippen LogP contribution in [0.15, 0.2) is 24.3 Å². The summed E-state index contributed by atoms with van der Waals surface area (Å²) < 4.78 is 12.9. The van der Waals surface area contributed by atoms with Gasteiger partial charge < -0.3 is 5.32 Å². The molecule has 1 aliphatic heterocycles. The Bertz CT molecular complexity index is 333. The van der Waals surface area contributed by atoms with E-state index in [1.54, 1.807) is 12.1 Å². The molecule has 1 nitrogen and oxygen atoms in total. The molecule has 17 heavy (non-hydrogen) atoms. The van der Waals surface area contributed by atoms with Crippen LogP contribution in [0.4, 0.5) is 4.39 Å². The molecule has 1 fully saturated rings. The molecule has 0 aliphatic carbocycles. The van der Waals surface area contributed by atoms with Crippen LogP contribution in [0.2, 0.25) is 0 Å². The van der Waals surface area contributed by atoms with Gasteiger partial charge in [0.1, 0.15) is 5.82 Å². The van der Waals surface area contributed by atoms with Crippen LogP contribution in [0.3, 0.4) is 0 Å². The third kappa shape index (κ3) is 3.71. The van der Waals surface area contributed by atoms with Crippen LogP contribution in [-0.4, -0.2) is 23.6 Å². The Balaban J connectivity index is 1.98. The molecule has 94 valence electrons. The molecule has 0 radical (unpaired) electrons. The highest BCUT2D eigenvalue weighted by Crippen LogP contribution is 2.30. The summed E-state index contributed by atoms with van der Waals surface area (Å²) in [6.07, 6.45) is 3.65. The van der Waals surface area contributed by atoms with Crippen molar-refractivity contribution in [2.24, 2.45) is 0 Å². The Morgan fingerprint density at radius 2 is 2.18 bits per heavy atom. The van der Waals surface area contributed by atoms with Crippen molar-refractivity contribution < 1.29 is 4.39 Å². The number of hydrogen-bond acceptors (Lipinski definition) is 2. The topological polar surface area (TPSA) is 12.0 Å². The summed E-state index contributed by atoms with van der Waals surface area (Å²) in [5, 5.41) is 4.30. The molecule has 1 aromatic carbocycles. The number of benzene rings is 1. The van der Waals surface area contributed by atoms with E-state index in [0.717, 1.165) is 18.2 Å². The number of halogens is 1. The van der Waals surface area contributed by atoms with Crippen LogP contribution >= 0.6 is 11.8 Å². The SMILES string of the molecule is CCNC(Cc1ccc(F)cc1)C1CCCS1. The van der Waals surface area contributed by atoms with E-state index in [1.807, 2.05) is 12.1 Å². The van der Waals surface area contributed by atoms with E-state index in [2.05, 4.69) is 24.0 Å². The van der Waals surface area contributed by atoms with Crippen molar-refractivity contribution in [3.63, 3.8) is 0 Å². The first-order valence-electron chi connectivity index (χ1n) is 6.39. The maximum absolute atomic E-state index is 12.9. The number of likely N-dealkylation sites (N-methyl/N-ethyl adjacent to an activating group) is 1. The van der Waals surface area contributed by atoms with Crippen LogP contribution in [-0.2, 0) is 6.42 Å². The van der Waals surface area contributed by atoms with E-state index in [9.17, 15) is 4.39 Å². The Labute approximate surface area is 107 Å². The lowest BCUT2D eigenvalue weighted by Gasteiger charge is -2.23. The van der Waals surface area contributed by atoms with Crippen LogP contribution in [0.5, 0.6) is 0 Å². The average Bonchev–Trinajstić information content (AvgIpc) is 2.85. The van der Waals surface area contributed by atoms with Gasteiger partial charge in [0.25, 0.3) is 0 Å². The maximum Gasteiger partial charge on any atom is 0.123 e. The smallest absolute Gasteiger partial charge is 0.123 e. The van der Waals surface area contributed by atoms with Crippen molar-refractivity contribution in [3.05, 3.63) is 35.6 Å². The molecule has 1 aromatic rings. The van der Waals surface area contributed by atoms with Gasteiger partial charge in [-0.2, -0.15) is 11.8 Å². The van der Waals surface area contributed by atoms with Gasteiger partial charge in [0.15, 0.2) is 0 Å². The first-order valence-corrected chi connectivity index (χ1v) is 7.44. The summed E-state index contributed by atoms with van der Waals surface area (Å²) in [4.78, 5) is 0. The zero-order valence-electron chi connectivity index (χ0n) is 10.3. The second-order valence-corrected chi connectivity index (χ2v) is 5.89. The highest BCUT2D eigenvalue weighted by Gasteiger charge is 2.24. The molecule has 0 spiro atoms. The van der Waals surface area contributed by atoms with Gasteiger partial charge in [-0.3, -0.25) is 0 Å². The average molecular weight is 253 g/mol. The molecule has 1 aliphatic rings. The summed E-state index contributed by atoms with van der Waals surface area (Å²) in [5.41, 5.74) is 1.23. The molecule has 1 heterocycles. The number of nitrogens with one attached hydrogen (secondary N) is 1. The molecule has 2 unspecified atom stereocenters. The molecule has 3 heteroatoms. The summed E-state index contributed by atoms with van der Waals surface area (Å²) in [6.45, 7) is 3.15. The molecule has 0 saturated carbocycles. The lowest BCUT2D eigenvalue weighted by atomic mass is 10.0. The molecule has 0 amide bonds. The normalized spacial score (nSPS) is 21.6. The van der Waals surface area contributed by atoms with Crippen molar-refractivity contribution in [3.8, 4) is 0 Å². The van der Waals surface area contributed by atoms with E-state index in [-0.39, 0.29) is 5.82 Å². The van der Waals surface area contributed by atoms with E-state index in [1.165, 1.54) is 24.2 Å². The first kappa shape index (κ1) is 12.9. The minimum absolute atomic E-state index is 0.149. The fraction of sp³-hybridized carbons (Fsp3) is 0.571. The third-order valence-corrected chi connectivity index (χ3v) is 4.77. The van der Waals surface area contributed by atoms with Gasteiger partial charge in [0.2, 0.25) is 0 Å². The summed E-state index contributed by atoms with van der Waals surface area (Å²) in [5.74, 6) is 1.14. The fourth-order valence-corrected chi connectivity index (χ4v) is 3.79. The Kier molecular flexibility index (Phi) is 4.86. The standard InChI is InChI=1S/C14H20FNS/c1-2-16-13(14-4-3-9-17-14)10-11-5-7-12(15)8-6-11/h5-8,13-14,16H,2-4,9-10H2,1H3. The molecule has 1 N–H and O–H groups in total. The number of rotatable bonds is 5. The van der Waals surface area contributed by atoms with E-state index in [0.29, 0.717) is 6.04 Å². The number of hydrogen-bond donors (Lipinski definition) is 1. The Morgan fingerprint density at radius 3 is 2.76 bits per heavy atom. The van der Waals surface area contributed by atoms with Crippen molar-refractivity contribution >= 4 is 11.8 Å². The van der Waals surface area contributed by atoms with E-state index < -0.39 is 0 Å². The first-order chi connectivity index (χ1) is 8.29. The van der Waals surface area contributed by atoms with Gasteiger partial charge in [-0.1, -0.05) is 19.1 Å². The van der Waals surface area contributed by atoms with Gasteiger partial charge in [-0.15, -0.1) is 0 Å². The lowest BCUT2D eigenvalue weighted by molar-refractivity contribution is 0.495. The van der Waals surface area contributed by atoms with Crippen molar-refractivity contribution in [1.29, 1.82) is 0 Å². The van der Waals surface area contributed by atoms with Crippen LogP contribution in [0.25, 0.3) is 0 Å². The Hall–Kier alpha value is -0.540. The molecule has 2 atom stereocenters. The van der Waals surface area contributed by atoms with Crippen LogP contribution < -0.4 is 5.32 Å². The van der Waals surface area contributed by atoms with Crippen LogP contribution in [0, 0.1) is 5.82 Å². The summed E-state index contributed by atoms with van der Waals surface area (Å²) in [7, 11) is 0. The van der Waals surface area contributed by atoms with E-state index >= 15 is 0 Å². The lowest BCUT2D eigenvalue weighted by Crippen LogP contribution is -2.38. The highest BCUT2D eigenvalue weighted by atomic mass is 32.2. The van der Waals surface area contributed by atoms with Gasteiger partial charge in [-0.05, 0) is 49.3 Å². The van der Waals surface area contributed by atoms with Crippen molar-refractivity contribution in [1.82, 2.24) is 5.32 Å². The van der Waals surface area contributed by atoms with Gasteiger partial charge in [-0.25, -0.2) is 4.39 Å². The predicted molar refractivity (Wildman–Crippen MR) is 73.0 cm³/mol. The molecular weight excluding hydrogens is 233 g/mol. The zero-order chi connectivity index (χ0) is 12.1. The second kappa shape index (κ2) is 6.41. The van der Waals surface area contributed by atoms with Crippen molar-refractivity contribution in [2.75, 3.05) is 12.3 Å². The van der Waals surface area contributed by atoms with Gasteiger partial charge >= 0.3 is 0 Å².